The van der Waals surface area contributed by atoms with Crippen LogP contribution in [0.4, 0.5) is 0 Å². The number of rotatable bonds is 11. The zero-order valence-electron chi connectivity index (χ0n) is 16.6. The summed E-state index contributed by atoms with van der Waals surface area (Å²) in [6, 6.07) is 9.57. The summed E-state index contributed by atoms with van der Waals surface area (Å²) in [6.45, 7) is 4.92. The number of nitrogens with one attached hydrogen (secondary N) is 1. The number of benzene rings is 1. The van der Waals surface area contributed by atoms with Gasteiger partial charge in [0.1, 0.15) is 0 Å². The molecule has 0 spiro atoms. The van der Waals surface area contributed by atoms with Crippen molar-refractivity contribution in [3.63, 3.8) is 0 Å². The number of amides is 2. The number of hydrogen-bond acceptors (Lipinski definition) is 3. The lowest BCUT2D eigenvalue weighted by molar-refractivity contribution is -0.135. The fourth-order valence-corrected chi connectivity index (χ4v) is 3.43. The van der Waals surface area contributed by atoms with E-state index in [9.17, 15) is 9.59 Å². The molecule has 1 aliphatic heterocycles. The molecular weight excluding hydrogens is 340 g/mol. The van der Waals surface area contributed by atoms with Crippen LogP contribution >= 0.6 is 0 Å². The van der Waals surface area contributed by atoms with E-state index < -0.39 is 0 Å². The Balaban J connectivity index is 1.74. The van der Waals surface area contributed by atoms with Gasteiger partial charge in [-0.1, -0.05) is 50.8 Å². The zero-order chi connectivity index (χ0) is 19.3. The molecule has 1 aromatic rings. The third-order valence-electron chi connectivity index (χ3n) is 5.08. The van der Waals surface area contributed by atoms with Crippen molar-refractivity contribution >= 4 is 11.8 Å². The molecule has 0 saturated carbocycles. The summed E-state index contributed by atoms with van der Waals surface area (Å²) in [6.07, 6.45) is 7.85. The van der Waals surface area contributed by atoms with E-state index in [-0.39, 0.29) is 17.9 Å². The van der Waals surface area contributed by atoms with Crippen LogP contribution < -0.4 is 5.32 Å². The van der Waals surface area contributed by atoms with Crippen LogP contribution in [0.1, 0.15) is 68.6 Å². The van der Waals surface area contributed by atoms with Crippen molar-refractivity contribution in [3.8, 4) is 0 Å². The Morgan fingerprint density at radius 1 is 1.04 bits per heavy atom. The van der Waals surface area contributed by atoms with E-state index in [2.05, 4.69) is 12.2 Å². The molecule has 1 aliphatic rings. The molecule has 1 heterocycles. The minimum Gasteiger partial charge on any atom is -0.378 e. The molecule has 5 nitrogen and oxygen atoms in total. The van der Waals surface area contributed by atoms with Gasteiger partial charge >= 0.3 is 0 Å². The molecule has 27 heavy (non-hydrogen) atoms. The second-order valence-corrected chi connectivity index (χ2v) is 7.27. The Kier molecular flexibility index (Phi) is 9.91. The van der Waals surface area contributed by atoms with E-state index in [1.54, 1.807) is 0 Å². The van der Waals surface area contributed by atoms with Gasteiger partial charge in [0.2, 0.25) is 5.91 Å². The van der Waals surface area contributed by atoms with Gasteiger partial charge in [0.05, 0.1) is 13.2 Å². The Bertz CT molecular complexity index is 556. The molecule has 1 saturated heterocycles. The van der Waals surface area contributed by atoms with Crippen LogP contribution in [0, 0.1) is 0 Å². The first-order valence-electron chi connectivity index (χ1n) is 10.4. The van der Waals surface area contributed by atoms with Crippen molar-refractivity contribution in [1.82, 2.24) is 10.2 Å². The van der Waals surface area contributed by atoms with Gasteiger partial charge in [0.25, 0.3) is 5.91 Å². The molecule has 0 aromatic heterocycles. The van der Waals surface area contributed by atoms with Gasteiger partial charge in [-0.05, 0) is 31.4 Å². The highest BCUT2D eigenvalue weighted by atomic mass is 16.5. The van der Waals surface area contributed by atoms with Crippen molar-refractivity contribution in [2.24, 2.45) is 0 Å². The average molecular weight is 375 g/mol. The summed E-state index contributed by atoms with van der Waals surface area (Å²) in [5.74, 6) is 0.232. The van der Waals surface area contributed by atoms with E-state index in [1.807, 2.05) is 35.2 Å². The van der Waals surface area contributed by atoms with E-state index in [1.165, 1.54) is 12.8 Å². The molecule has 0 bridgehead atoms. The number of carbonyl (C=O) groups excluding carboxylic acids is 2. The lowest BCUT2D eigenvalue weighted by Crippen LogP contribution is -2.40. The molecule has 5 heteroatoms. The second kappa shape index (κ2) is 12.5. The fraction of sp³-hybridized carbons (Fsp3) is 0.636. The lowest BCUT2D eigenvalue weighted by atomic mass is 10.0. The smallest absolute Gasteiger partial charge is 0.251 e. The first-order valence-corrected chi connectivity index (χ1v) is 10.4. The third kappa shape index (κ3) is 8.12. The molecule has 1 N–H and O–H groups in total. The Morgan fingerprint density at radius 2 is 1.70 bits per heavy atom. The minimum absolute atomic E-state index is 0.00138. The highest BCUT2D eigenvalue weighted by molar-refractivity contribution is 5.94. The van der Waals surface area contributed by atoms with Gasteiger partial charge in [-0.25, -0.2) is 0 Å². The lowest BCUT2D eigenvalue weighted by Gasteiger charge is -2.27. The Labute approximate surface area is 163 Å². The van der Waals surface area contributed by atoms with Crippen molar-refractivity contribution in [2.45, 2.75) is 64.3 Å². The van der Waals surface area contributed by atoms with Crippen molar-refractivity contribution in [1.29, 1.82) is 0 Å². The second-order valence-electron chi connectivity index (χ2n) is 7.27. The van der Waals surface area contributed by atoms with Gasteiger partial charge in [-0.2, -0.15) is 0 Å². The Hall–Kier alpha value is -1.88. The monoisotopic (exact) mass is 374 g/mol. The molecule has 0 aliphatic carbocycles. The molecule has 150 valence electrons. The molecule has 0 unspecified atom stereocenters. The van der Waals surface area contributed by atoms with Gasteiger partial charge in [0, 0.05) is 31.1 Å². The number of unbranched alkanes of at least 4 members (excludes halogenated alkanes) is 3. The van der Waals surface area contributed by atoms with Crippen LogP contribution in [0.5, 0.6) is 0 Å². The molecule has 2 amide bonds. The summed E-state index contributed by atoms with van der Waals surface area (Å²) >= 11 is 0. The minimum atomic E-state index is 0.00138. The van der Waals surface area contributed by atoms with Crippen LogP contribution in [0.15, 0.2) is 30.3 Å². The first kappa shape index (κ1) is 21.4. The number of ether oxygens (including phenoxy) is 1. The predicted octanol–water partition coefficient (Wildman–Crippen LogP) is 3.78. The topological polar surface area (TPSA) is 58.6 Å². The molecule has 1 fully saturated rings. The summed E-state index contributed by atoms with van der Waals surface area (Å²) in [5.41, 5.74) is 0.709. The van der Waals surface area contributed by atoms with Crippen molar-refractivity contribution in [3.05, 3.63) is 35.9 Å². The third-order valence-corrected chi connectivity index (χ3v) is 5.08. The predicted molar refractivity (Wildman–Crippen MR) is 108 cm³/mol. The van der Waals surface area contributed by atoms with Crippen LogP contribution in [0.25, 0.3) is 0 Å². The van der Waals surface area contributed by atoms with Crippen molar-refractivity contribution < 1.29 is 14.3 Å². The standard InChI is InChI=1S/C22H34N2O3/c1-2-3-5-12-20(23-22(26)19-10-6-4-7-11-19)13-8-9-14-21(25)24-15-17-27-18-16-24/h4,6-7,10-11,20H,2-3,5,8-9,12-18H2,1H3,(H,23,26)/t20-/m0/s1. The summed E-state index contributed by atoms with van der Waals surface area (Å²) < 4.78 is 5.29. The zero-order valence-corrected chi connectivity index (χ0v) is 16.6. The molecule has 1 atom stereocenters. The quantitative estimate of drug-likeness (QED) is 0.600. The van der Waals surface area contributed by atoms with E-state index in [4.69, 9.17) is 4.74 Å². The fourth-order valence-electron chi connectivity index (χ4n) is 3.43. The maximum atomic E-state index is 12.5. The van der Waals surface area contributed by atoms with E-state index in [0.29, 0.717) is 38.3 Å². The molecule has 2 rings (SSSR count). The van der Waals surface area contributed by atoms with Crippen LogP contribution in [-0.4, -0.2) is 49.1 Å². The van der Waals surface area contributed by atoms with Gasteiger partial charge in [-0.15, -0.1) is 0 Å². The number of nitrogens with zero attached hydrogens (tertiary/aromatic N) is 1. The van der Waals surface area contributed by atoms with Crippen LogP contribution in [-0.2, 0) is 9.53 Å². The highest BCUT2D eigenvalue weighted by Crippen LogP contribution is 2.13. The van der Waals surface area contributed by atoms with Gasteiger partial charge < -0.3 is 15.0 Å². The maximum Gasteiger partial charge on any atom is 0.251 e. The van der Waals surface area contributed by atoms with Crippen LogP contribution in [0.3, 0.4) is 0 Å². The molecule has 0 radical (unpaired) electrons. The van der Waals surface area contributed by atoms with Gasteiger partial charge in [0.15, 0.2) is 0 Å². The maximum absolute atomic E-state index is 12.5. The SMILES string of the molecule is CCCCC[C@@H](CCCCC(=O)N1CCOCC1)NC(=O)c1ccccc1. The summed E-state index contributed by atoms with van der Waals surface area (Å²) in [5, 5.41) is 3.19. The Morgan fingerprint density at radius 3 is 2.37 bits per heavy atom. The normalized spacial score (nSPS) is 15.4. The first-order chi connectivity index (χ1) is 13.2. The summed E-state index contributed by atoms with van der Waals surface area (Å²) in [7, 11) is 0. The molecular formula is C22H34N2O3. The largest absolute Gasteiger partial charge is 0.378 e. The van der Waals surface area contributed by atoms with E-state index >= 15 is 0 Å². The van der Waals surface area contributed by atoms with Gasteiger partial charge in [-0.3, -0.25) is 9.59 Å². The number of carbonyl (C=O) groups is 2. The van der Waals surface area contributed by atoms with E-state index in [0.717, 1.165) is 32.1 Å². The number of hydrogen-bond donors (Lipinski definition) is 1. The highest BCUT2D eigenvalue weighted by Gasteiger charge is 2.17. The molecule has 1 aromatic carbocycles. The number of morpholine rings is 1. The average Bonchev–Trinajstić information content (AvgIpc) is 2.72. The summed E-state index contributed by atoms with van der Waals surface area (Å²) in [4.78, 5) is 26.6. The van der Waals surface area contributed by atoms with Crippen LogP contribution in [0.2, 0.25) is 0 Å². The van der Waals surface area contributed by atoms with Crippen molar-refractivity contribution in [2.75, 3.05) is 26.3 Å².